The lowest BCUT2D eigenvalue weighted by molar-refractivity contribution is 0.765. The van der Waals surface area contributed by atoms with Gasteiger partial charge in [0.2, 0.25) is 0 Å². The maximum Gasteiger partial charge on any atom is 0.134 e. The van der Waals surface area contributed by atoms with Crippen LogP contribution in [0.2, 0.25) is 0 Å². The molecule has 0 bridgehead atoms. The third-order valence-electron chi connectivity index (χ3n) is 2.85. The number of rotatable bonds is 3. The van der Waals surface area contributed by atoms with Crippen LogP contribution in [0.5, 0.6) is 0 Å². The molecular weight excluding hydrogens is 217 g/mol. The molecule has 0 amide bonds. The average molecular weight is 233 g/mol. The van der Waals surface area contributed by atoms with Crippen molar-refractivity contribution in [3.63, 3.8) is 0 Å². The average Bonchev–Trinajstić information content (AvgIpc) is 2.30. The predicted molar refractivity (Wildman–Crippen MR) is 68.2 cm³/mol. The first-order valence-corrected chi connectivity index (χ1v) is 6.21. The van der Waals surface area contributed by atoms with Crippen LogP contribution in [0.1, 0.15) is 30.5 Å². The first-order valence-electron chi connectivity index (χ1n) is 5.69. The van der Waals surface area contributed by atoms with Gasteiger partial charge in [-0.05, 0) is 46.7 Å². The molecule has 2 rings (SSSR count). The molecular formula is C12H16N3P. The molecule has 0 saturated carbocycles. The lowest BCUT2D eigenvalue weighted by Crippen LogP contribution is -2.20. The number of pyridine rings is 1. The van der Waals surface area contributed by atoms with Gasteiger partial charge in [-0.2, -0.15) is 5.26 Å². The van der Waals surface area contributed by atoms with Crippen molar-refractivity contribution < 1.29 is 0 Å². The summed E-state index contributed by atoms with van der Waals surface area (Å²) in [6.07, 6.45) is 4.75. The summed E-state index contributed by atoms with van der Waals surface area (Å²) in [4.78, 5) is 4.66. The van der Waals surface area contributed by atoms with E-state index in [4.69, 9.17) is 5.26 Å². The number of unbranched alkanes of at least 4 members (excludes halogenated alkanes) is 1. The predicted octanol–water partition coefficient (Wildman–Crippen LogP) is 2.47. The van der Waals surface area contributed by atoms with Crippen molar-refractivity contribution in [2.24, 2.45) is 0 Å². The molecule has 0 saturated heterocycles. The van der Waals surface area contributed by atoms with Gasteiger partial charge in [-0.3, -0.25) is 0 Å². The second kappa shape index (κ2) is 5.27. The minimum Gasteiger partial charge on any atom is -0.341 e. The Hall–Kier alpha value is -1.13. The molecule has 1 atom stereocenters. The molecule has 84 valence electrons. The highest BCUT2D eigenvalue weighted by Crippen LogP contribution is 2.27. The summed E-state index contributed by atoms with van der Waals surface area (Å²) in [5, 5.41) is 8.50. The lowest BCUT2D eigenvalue weighted by atomic mass is 10.1. The SMILES string of the molecule is N#CCCCc1ccc2c(n1)N(P)CCC2. The molecule has 0 fully saturated rings. The Morgan fingerprint density at radius 3 is 3.19 bits per heavy atom. The summed E-state index contributed by atoms with van der Waals surface area (Å²) in [5.41, 5.74) is 2.44. The number of nitrogens with zero attached hydrogens (tertiary/aromatic N) is 3. The van der Waals surface area contributed by atoms with E-state index in [1.807, 2.05) is 0 Å². The summed E-state index contributed by atoms with van der Waals surface area (Å²) in [6.45, 7) is 1.06. The van der Waals surface area contributed by atoms with E-state index in [0.29, 0.717) is 6.42 Å². The minimum atomic E-state index is 0.614. The van der Waals surface area contributed by atoms with Crippen LogP contribution in [0.4, 0.5) is 5.82 Å². The van der Waals surface area contributed by atoms with Gasteiger partial charge in [0.15, 0.2) is 0 Å². The van der Waals surface area contributed by atoms with Crippen LogP contribution in [0.25, 0.3) is 0 Å². The molecule has 1 aromatic rings. The van der Waals surface area contributed by atoms with Gasteiger partial charge in [0, 0.05) is 18.7 Å². The maximum atomic E-state index is 8.50. The van der Waals surface area contributed by atoms with Crippen molar-refractivity contribution in [1.82, 2.24) is 4.98 Å². The van der Waals surface area contributed by atoms with E-state index in [9.17, 15) is 0 Å². The van der Waals surface area contributed by atoms with Gasteiger partial charge >= 0.3 is 0 Å². The van der Waals surface area contributed by atoms with Crippen molar-refractivity contribution in [3.05, 3.63) is 23.4 Å². The summed E-state index contributed by atoms with van der Waals surface area (Å²) in [5.74, 6) is 1.10. The van der Waals surface area contributed by atoms with Gasteiger partial charge in [-0.25, -0.2) is 4.98 Å². The molecule has 0 spiro atoms. The van der Waals surface area contributed by atoms with Crippen LogP contribution in [0.3, 0.4) is 0 Å². The Kier molecular flexibility index (Phi) is 3.74. The van der Waals surface area contributed by atoms with Gasteiger partial charge in [-0.1, -0.05) is 6.07 Å². The molecule has 0 aromatic carbocycles. The molecule has 0 radical (unpaired) electrons. The molecule has 1 aliphatic heterocycles. The van der Waals surface area contributed by atoms with E-state index in [-0.39, 0.29) is 0 Å². The molecule has 4 heteroatoms. The van der Waals surface area contributed by atoms with Crippen molar-refractivity contribution in [2.75, 3.05) is 11.2 Å². The summed E-state index contributed by atoms with van der Waals surface area (Å²) >= 11 is 0. The fraction of sp³-hybridized carbons (Fsp3) is 0.500. The monoisotopic (exact) mass is 233 g/mol. The topological polar surface area (TPSA) is 39.9 Å². The maximum absolute atomic E-state index is 8.50. The molecule has 3 nitrogen and oxygen atoms in total. The molecule has 1 unspecified atom stereocenters. The molecule has 1 aliphatic rings. The summed E-state index contributed by atoms with van der Waals surface area (Å²) in [7, 11) is 2.73. The zero-order chi connectivity index (χ0) is 11.4. The number of hydrogen-bond donors (Lipinski definition) is 0. The first kappa shape index (κ1) is 11.4. The minimum absolute atomic E-state index is 0.614. The summed E-state index contributed by atoms with van der Waals surface area (Å²) in [6, 6.07) is 6.44. The summed E-state index contributed by atoms with van der Waals surface area (Å²) < 4.78 is 2.15. The third kappa shape index (κ3) is 2.51. The number of fused-ring (bicyclic) bond motifs is 1. The zero-order valence-electron chi connectivity index (χ0n) is 9.32. The number of aromatic nitrogens is 1. The van der Waals surface area contributed by atoms with Gasteiger partial charge in [0.05, 0.1) is 6.07 Å². The van der Waals surface area contributed by atoms with Crippen LogP contribution in [0, 0.1) is 11.3 Å². The molecule has 0 aliphatic carbocycles. The Morgan fingerprint density at radius 1 is 1.50 bits per heavy atom. The number of anilines is 1. The smallest absolute Gasteiger partial charge is 0.134 e. The number of nitriles is 1. The van der Waals surface area contributed by atoms with E-state index in [0.717, 1.165) is 37.3 Å². The highest BCUT2D eigenvalue weighted by Gasteiger charge is 2.15. The Labute approximate surface area is 98.7 Å². The number of hydrogen-bond acceptors (Lipinski definition) is 3. The van der Waals surface area contributed by atoms with Gasteiger partial charge in [0.25, 0.3) is 0 Å². The number of aryl methyl sites for hydroxylation is 2. The van der Waals surface area contributed by atoms with Crippen molar-refractivity contribution in [2.45, 2.75) is 32.1 Å². The Morgan fingerprint density at radius 2 is 2.38 bits per heavy atom. The van der Waals surface area contributed by atoms with Gasteiger partial charge < -0.3 is 4.67 Å². The van der Waals surface area contributed by atoms with E-state index in [1.54, 1.807) is 0 Å². The quantitative estimate of drug-likeness (QED) is 0.594. The van der Waals surface area contributed by atoms with E-state index in [2.05, 4.69) is 37.2 Å². The van der Waals surface area contributed by atoms with Crippen molar-refractivity contribution in [1.29, 1.82) is 5.26 Å². The molecule has 16 heavy (non-hydrogen) atoms. The largest absolute Gasteiger partial charge is 0.341 e. The van der Waals surface area contributed by atoms with E-state index < -0.39 is 0 Å². The Balaban J connectivity index is 2.11. The van der Waals surface area contributed by atoms with Crippen molar-refractivity contribution in [3.8, 4) is 6.07 Å². The normalized spacial score (nSPS) is 14.4. The lowest BCUT2D eigenvalue weighted by Gasteiger charge is -2.26. The Bertz CT molecular complexity index is 411. The molecule has 0 N–H and O–H groups in total. The zero-order valence-corrected chi connectivity index (χ0v) is 10.5. The standard InChI is InChI=1S/C12H16N3P/c13-8-2-1-5-11-7-6-10-4-3-9-15(16)12(10)14-11/h6-7H,1-5,9,16H2. The van der Waals surface area contributed by atoms with Crippen LogP contribution < -0.4 is 4.67 Å². The van der Waals surface area contributed by atoms with Crippen LogP contribution >= 0.6 is 9.39 Å². The van der Waals surface area contributed by atoms with Crippen LogP contribution in [0.15, 0.2) is 12.1 Å². The van der Waals surface area contributed by atoms with Gasteiger partial charge in [0.1, 0.15) is 5.82 Å². The third-order valence-corrected chi connectivity index (χ3v) is 3.36. The van der Waals surface area contributed by atoms with Gasteiger partial charge in [-0.15, -0.1) is 0 Å². The highest BCUT2D eigenvalue weighted by molar-refractivity contribution is 7.19. The van der Waals surface area contributed by atoms with Crippen molar-refractivity contribution >= 4 is 15.2 Å². The van der Waals surface area contributed by atoms with E-state index in [1.165, 1.54) is 12.0 Å². The highest BCUT2D eigenvalue weighted by atomic mass is 31.0. The van der Waals surface area contributed by atoms with E-state index >= 15 is 0 Å². The fourth-order valence-corrected chi connectivity index (χ4v) is 2.40. The molecule has 2 heterocycles. The van der Waals surface area contributed by atoms with Crippen LogP contribution in [-0.2, 0) is 12.8 Å². The van der Waals surface area contributed by atoms with Crippen LogP contribution in [-0.4, -0.2) is 11.5 Å². The second-order valence-electron chi connectivity index (χ2n) is 4.09. The first-order chi connectivity index (χ1) is 7.81. The fourth-order valence-electron chi connectivity index (χ4n) is 1.99. The second-order valence-corrected chi connectivity index (χ2v) is 4.72. The molecule has 1 aromatic heterocycles.